The molecular formula is C15H27N3. The zero-order chi connectivity index (χ0) is 12.4. The van der Waals surface area contributed by atoms with Crippen LogP contribution < -0.4 is 5.73 Å². The Labute approximate surface area is 111 Å². The van der Waals surface area contributed by atoms with Crippen molar-refractivity contribution in [2.75, 3.05) is 19.6 Å². The first-order chi connectivity index (χ1) is 8.80. The summed E-state index contributed by atoms with van der Waals surface area (Å²) in [7, 11) is 0. The lowest BCUT2D eigenvalue weighted by atomic mass is 9.65. The van der Waals surface area contributed by atoms with Gasteiger partial charge in [0.05, 0.1) is 0 Å². The molecule has 0 aromatic rings. The minimum Gasteiger partial charge on any atom is -0.370 e. The monoisotopic (exact) mass is 249 g/mol. The van der Waals surface area contributed by atoms with E-state index >= 15 is 0 Å². The number of nitrogens with zero attached hydrogens (tertiary/aromatic N) is 2. The molecule has 3 heteroatoms. The Morgan fingerprint density at radius 3 is 2.22 bits per heavy atom. The van der Waals surface area contributed by atoms with Crippen LogP contribution in [0.25, 0.3) is 0 Å². The summed E-state index contributed by atoms with van der Waals surface area (Å²) in [5.41, 5.74) is 6.77. The van der Waals surface area contributed by atoms with E-state index in [1.807, 2.05) is 0 Å². The largest absolute Gasteiger partial charge is 0.370 e. The lowest BCUT2D eigenvalue weighted by Gasteiger charge is -2.41. The van der Waals surface area contributed by atoms with Gasteiger partial charge in [-0.25, -0.2) is 0 Å². The van der Waals surface area contributed by atoms with Gasteiger partial charge in [-0.05, 0) is 49.9 Å². The number of rotatable bonds is 3. The quantitative estimate of drug-likeness (QED) is 0.617. The Morgan fingerprint density at radius 1 is 1.06 bits per heavy atom. The minimum atomic E-state index is 0.566. The van der Waals surface area contributed by atoms with Gasteiger partial charge in [0, 0.05) is 19.6 Å². The molecular weight excluding hydrogens is 222 g/mol. The van der Waals surface area contributed by atoms with Crippen LogP contribution in [0.4, 0.5) is 0 Å². The second-order valence-corrected chi connectivity index (χ2v) is 6.57. The second kappa shape index (κ2) is 5.10. The molecule has 2 N–H and O–H groups in total. The van der Waals surface area contributed by atoms with Crippen LogP contribution in [0, 0.1) is 11.3 Å². The summed E-state index contributed by atoms with van der Waals surface area (Å²) >= 11 is 0. The number of guanidine groups is 1. The maximum atomic E-state index is 6.20. The molecule has 0 aromatic carbocycles. The van der Waals surface area contributed by atoms with Crippen LogP contribution in [0.3, 0.4) is 0 Å². The highest BCUT2D eigenvalue weighted by molar-refractivity contribution is 5.78. The van der Waals surface area contributed by atoms with Gasteiger partial charge in [-0.15, -0.1) is 0 Å². The Kier molecular flexibility index (Phi) is 3.49. The van der Waals surface area contributed by atoms with Crippen LogP contribution in [0.2, 0.25) is 0 Å². The summed E-state index contributed by atoms with van der Waals surface area (Å²) in [5, 5.41) is 0. The van der Waals surface area contributed by atoms with Crippen LogP contribution in [0.15, 0.2) is 4.99 Å². The summed E-state index contributed by atoms with van der Waals surface area (Å²) in [5.74, 6) is 1.80. The summed E-state index contributed by atoms with van der Waals surface area (Å²) in [4.78, 5) is 7.08. The molecule has 0 atom stereocenters. The van der Waals surface area contributed by atoms with Crippen LogP contribution in [0.1, 0.15) is 57.8 Å². The number of hydrogen-bond acceptors (Lipinski definition) is 1. The van der Waals surface area contributed by atoms with Gasteiger partial charge in [-0.1, -0.05) is 19.3 Å². The SMILES string of the molecule is NC(=NCC1(C2CC2)CCC1)N1CCCCCC1. The van der Waals surface area contributed by atoms with Crippen molar-refractivity contribution >= 4 is 5.96 Å². The number of aliphatic imine (C=N–C) groups is 1. The van der Waals surface area contributed by atoms with Crippen LogP contribution in [0.5, 0.6) is 0 Å². The molecule has 1 heterocycles. The predicted octanol–water partition coefficient (Wildman–Crippen LogP) is 2.76. The molecule has 1 aliphatic heterocycles. The molecule has 0 bridgehead atoms. The first kappa shape index (κ1) is 12.3. The van der Waals surface area contributed by atoms with Gasteiger partial charge in [-0.2, -0.15) is 0 Å². The summed E-state index contributed by atoms with van der Waals surface area (Å²) in [6, 6.07) is 0. The van der Waals surface area contributed by atoms with Crippen molar-refractivity contribution < 1.29 is 0 Å². The zero-order valence-electron chi connectivity index (χ0n) is 11.5. The van der Waals surface area contributed by atoms with E-state index in [1.54, 1.807) is 0 Å². The smallest absolute Gasteiger partial charge is 0.191 e. The molecule has 3 nitrogen and oxygen atoms in total. The van der Waals surface area contributed by atoms with Crippen LogP contribution in [-0.4, -0.2) is 30.5 Å². The molecule has 1 saturated heterocycles. The topological polar surface area (TPSA) is 41.6 Å². The third-order valence-electron chi connectivity index (χ3n) is 5.28. The molecule has 0 spiro atoms. The van der Waals surface area contributed by atoms with Gasteiger partial charge in [0.25, 0.3) is 0 Å². The van der Waals surface area contributed by atoms with E-state index in [0.29, 0.717) is 5.41 Å². The highest BCUT2D eigenvalue weighted by Gasteiger charge is 2.48. The molecule has 3 rings (SSSR count). The molecule has 2 saturated carbocycles. The normalized spacial score (nSPS) is 28.7. The average Bonchev–Trinajstić information content (AvgIpc) is 3.14. The van der Waals surface area contributed by atoms with E-state index in [2.05, 4.69) is 4.90 Å². The molecule has 18 heavy (non-hydrogen) atoms. The lowest BCUT2D eigenvalue weighted by Crippen LogP contribution is -2.41. The van der Waals surface area contributed by atoms with Gasteiger partial charge in [0.15, 0.2) is 5.96 Å². The van der Waals surface area contributed by atoms with E-state index < -0.39 is 0 Å². The maximum Gasteiger partial charge on any atom is 0.191 e. The van der Waals surface area contributed by atoms with Crippen molar-refractivity contribution in [3.8, 4) is 0 Å². The minimum absolute atomic E-state index is 0.566. The standard InChI is InChI=1S/C15H27N3/c16-14(18-10-3-1-2-4-11-18)17-12-15(8-5-9-15)13-6-7-13/h13H,1-12H2,(H2,16,17). The summed E-state index contributed by atoms with van der Waals surface area (Å²) < 4.78 is 0. The van der Waals surface area contributed by atoms with Gasteiger partial charge >= 0.3 is 0 Å². The van der Waals surface area contributed by atoms with Crippen molar-refractivity contribution in [3.63, 3.8) is 0 Å². The fourth-order valence-electron chi connectivity index (χ4n) is 3.66. The van der Waals surface area contributed by atoms with Crippen LogP contribution >= 0.6 is 0 Å². The Hall–Kier alpha value is -0.730. The number of likely N-dealkylation sites (tertiary alicyclic amines) is 1. The Balaban J connectivity index is 1.57. The molecule has 3 fully saturated rings. The van der Waals surface area contributed by atoms with Crippen LogP contribution in [-0.2, 0) is 0 Å². The fraction of sp³-hybridized carbons (Fsp3) is 0.933. The zero-order valence-corrected chi connectivity index (χ0v) is 11.5. The van der Waals surface area contributed by atoms with Crippen molar-refractivity contribution in [2.24, 2.45) is 22.1 Å². The van der Waals surface area contributed by atoms with Crippen molar-refractivity contribution in [1.29, 1.82) is 0 Å². The Bertz CT molecular complexity index is 308. The van der Waals surface area contributed by atoms with Gasteiger partial charge < -0.3 is 10.6 Å². The van der Waals surface area contributed by atoms with Gasteiger partial charge in [-0.3, -0.25) is 4.99 Å². The van der Waals surface area contributed by atoms with Crippen molar-refractivity contribution in [2.45, 2.75) is 57.8 Å². The third kappa shape index (κ3) is 2.50. The number of nitrogens with two attached hydrogens (primary N) is 1. The summed E-state index contributed by atoms with van der Waals surface area (Å²) in [6.07, 6.45) is 12.4. The molecule has 3 aliphatic rings. The van der Waals surface area contributed by atoms with Crippen molar-refractivity contribution in [1.82, 2.24) is 4.90 Å². The maximum absolute atomic E-state index is 6.20. The highest BCUT2D eigenvalue weighted by Crippen LogP contribution is 2.57. The van der Waals surface area contributed by atoms with E-state index in [0.717, 1.165) is 31.5 Å². The van der Waals surface area contributed by atoms with E-state index in [-0.39, 0.29) is 0 Å². The average molecular weight is 249 g/mol. The van der Waals surface area contributed by atoms with Gasteiger partial charge in [0.2, 0.25) is 0 Å². The molecule has 102 valence electrons. The third-order valence-corrected chi connectivity index (χ3v) is 5.28. The van der Waals surface area contributed by atoms with Crippen molar-refractivity contribution in [3.05, 3.63) is 0 Å². The van der Waals surface area contributed by atoms with E-state index in [9.17, 15) is 0 Å². The first-order valence-electron chi connectivity index (χ1n) is 7.85. The highest BCUT2D eigenvalue weighted by atomic mass is 15.2. The molecule has 0 amide bonds. The molecule has 0 radical (unpaired) electrons. The second-order valence-electron chi connectivity index (χ2n) is 6.57. The first-order valence-corrected chi connectivity index (χ1v) is 7.85. The summed E-state index contributed by atoms with van der Waals surface area (Å²) in [6.45, 7) is 3.23. The molecule has 0 unspecified atom stereocenters. The molecule has 0 aromatic heterocycles. The number of hydrogen-bond donors (Lipinski definition) is 1. The molecule has 2 aliphatic carbocycles. The van der Waals surface area contributed by atoms with E-state index in [4.69, 9.17) is 10.7 Å². The fourth-order valence-corrected chi connectivity index (χ4v) is 3.66. The lowest BCUT2D eigenvalue weighted by molar-refractivity contribution is 0.113. The van der Waals surface area contributed by atoms with Gasteiger partial charge in [0.1, 0.15) is 0 Å². The Morgan fingerprint density at radius 2 is 1.72 bits per heavy atom. The van der Waals surface area contributed by atoms with E-state index in [1.165, 1.54) is 57.8 Å². The predicted molar refractivity (Wildman–Crippen MR) is 75.5 cm³/mol.